The van der Waals surface area contributed by atoms with E-state index in [1.807, 2.05) is 37.3 Å². The highest BCUT2D eigenvalue weighted by molar-refractivity contribution is 6.42. The zero-order valence-corrected chi connectivity index (χ0v) is 16.0. The average Bonchev–Trinajstić information content (AvgIpc) is 2.63. The van der Waals surface area contributed by atoms with Crippen LogP contribution < -0.4 is 10.6 Å². The molecule has 2 rings (SSSR count). The molecule has 0 fully saturated rings. The summed E-state index contributed by atoms with van der Waals surface area (Å²) in [6.45, 7) is 3.46. The molecule has 2 amide bonds. The maximum Gasteiger partial charge on any atom is 0.244 e. The number of carbonyl (C=O) groups excluding carboxylic acids is 2. The van der Waals surface area contributed by atoms with Gasteiger partial charge in [-0.15, -0.1) is 0 Å². The standard InChI is InChI=1S/C20H20Cl2N2O2/c1-13(16-9-10-17(21)18(22)12-16)24-20(26)14(2)23-19(25)11-8-15-6-4-3-5-7-15/h3-14H,1-2H3,(H,23,25)(H,24,26)/b11-8+. The Morgan fingerprint density at radius 2 is 1.65 bits per heavy atom. The van der Waals surface area contributed by atoms with Gasteiger partial charge >= 0.3 is 0 Å². The van der Waals surface area contributed by atoms with Gasteiger partial charge in [0, 0.05) is 6.08 Å². The van der Waals surface area contributed by atoms with E-state index in [0.29, 0.717) is 10.0 Å². The predicted molar refractivity (Wildman–Crippen MR) is 106 cm³/mol. The Hall–Kier alpha value is -2.30. The van der Waals surface area contributed by atoms with Gasteiger partial charge in [-0.3, -0.25) is 9.59 Å². The van der Waals surface area contributed by atoms with Crippen LogP contribution in [0.15, 0.2) is 54.6 Å². The van der Waals surface area contributed by atoms with Crippen molar-refractivity contribution >= 4 is 41.1 Å². The molecule has 0 bridgehead atoms. The summed E-state index contributed by atoms with van der Waals surface area (Å²) >= 11 is 11.9. The molecule has 0 aromatic heterocycles. The number of hydrogen-bond acceptors (Lipinski definition) is 2. The van der Waals surface area contributed by atoms with Gasteiger partial charge in [0.2, 0.25) is 11.8 Å². The molecule has 136 valence electrons. The van der Waals surface area contributed by atoms with Crippen LogP contribution in [0.4, 0.5) is 0 Å². The SMILES string of the molecule is CC(NC(=O)/C=C/c1ccccc1)C(=O)NC(C)c1ccc(Cl)c(Cl)c1. The Bertz CT molecular complexity index is 807. The Morgan fingerprint density at radius 3 is 2.31 bits per heavy atom. The van der Waals surface area contributed by atoms with Crippen molar-refractivity contribution in [1.82, 2.24) is 10.6 Å². The van der Waals surface area contributed by atoms with Gasteiger partial charge in [-0.25, -0.2) is 0 Å². The maximum absolute atomic E-state index is 12.3. The number of halogens is 2. The third-order valence-corrected chi connectivity index (χ3v) is 4.52. The van der Waals surface area contributed by atoms with Crippen molar-refractivity contribution in [3.05, 3.63) is 75.8 Å². The number of carbonyl (C=O) groups is 2. The van der Waals surface area contributed by atoms with Gasteiger partial charge in [0.05, 0.1) is 16.1 Å². The van der Waals surface area contributed by atoms with Gasteiger partial charge in [0.25, 0.3) is 0 Å². The Kier molecular flexibility index (Phi) is 7.25. The van der Waals surface area contributed by atoms with Gasteiger partial charge in [-0.2, -0.15) is 0 Å². The topological polar surface area (TPSA) is 58.2 Å². The molecule has 0 saturated heterocycles. The first-order chi connectivity index (χ1) is 12.4. The predicted octanol–water partition coefficient (Wildman–Crippen LogP) is 4.39. The summed E-state index contributed by atoms with van der Waals surface area (Å²) < 4.78 is 0. The lowest BCUT2D eigenvalue weighted by molar-refractivity contribution is -0.127. The van der Waals surface area contributed by atoms with E-state index in [-0.39, 0.29) is 17.9 Å². The van der Waals surface area contributed by atoms with E-state index < -0.39 is 6.04 Å². The minimum Gasteiger partial charge on any atom is -0.348 e. The molecule has 2 unspecified atom stereocenters. The quantitative estimate of drug-likeness (QED) is 0.718. The minimum atomic E-state index is -0.673. The first-order valence-corrected chi connectivity index (χ1v) is 8.91. The van der Waals surface area contributed by atoms with Gasteiger partial charge in [-0.05, 0) is 43.2 Å². The fourth-order valence-electron chi connectivity index (χ4n) is 2.27. The second-order valence-corrected chi connectivity index (χ2v) is 6.69. The van der Waals surface area contributed by atoms with E-state index in [1.54, 1.807) is 31.2 Å². The summed E-state index contributed by atoms with van der Waals surface area (Å²) in [4.78, 5) is 24.2. The van der Waals surface area contributed by atoms with Gasteiger partial charge in [0.15, 0.2) is 0 Å². The molecular formula is C20H20Cl2N2O2. The smallest absolute Gasteiger partial charge is 0.244 e. The third-order valence-electron chi connectivity index (χ3n) is 3.78. The highest BCUT2D eigenvalue weighted by atomic mass is 35.5. The summed E-state index contributed by atoms with van der Waals surface area (Å²) in [5.74, 6) is -0.622. The van der Waals surface area contributed by atoms with Crippen LogP contribution in [0.1, 0.15) is 31.0 Å². The second-order valence-electron chi connectivity index (χ2n) is 5.88. The molecule has 0 radical (unpaired) electrons. The van der Waals surface area contributed by atoms with Crippen LogP contribution in [0.2, 0.25) is 10.0 Å². The first-order valence-electron chi connectivity index (χ1n) is 8.16. The number of nitrogens with one attached hydrogen (secondary N) is 2. The highest BCUT2D eigenvalue weighted by Gasteiger charge is 2.17. The first kappa shape index (κ1) is 20.0. The van der Waals surface area contributed by atoms with E-state index in [4.69, 9.17) is 23.2 Å². The van der Waals surface area contributed by atoms with Crippen molar-refractivity contribution in [3.63, 3.8) is 0 Å². The number of rotatable bonds is 6. The van der Waals surface area contributed by atoms with Crippen molar-refractivity contribution in [1.29, 1.82) is 0 Å². The lowest BCUT2D eigenvalue weighted by Gasteiger charge is -2.18. The zero-order chi connectivity index (χ0) is 19.1. The Morgan fingerprint density at radius 1 is 0.962 bits per heavy atom. The molecule has 0 aliphatic heterocycles. The number of amides is 2. The van der Waals surface area contributed by atoms with Crippen LogP contribution >= 0.6 is 23.2 Å². The zero-order valence-electron chi connectivity index (χ0n) is 14.5. The summed E-state index contributed by atoms with van der Waals surface area (Å²) in [6, 6.07) is 13.7. The summed E-state index contributed by atoms with van der Waals surface area (Å²) in [5, 5.41) is 6.37. The van der Waals surface area contributed by atoms with Gasteiger partial charge in [0.1, 0.15) is 6.04 Å². The molecule has 0 saturated carbocycles. The van der Waals surface area contributed by atoms with E-state index in [9.17, 15) is 9.59 Å². The monoisotopic (exact) mass is 390 g/mol. The summed E-state index contributed by atoms with van der Waals surface area (Å²) in [6.07, 6.45) is 3.10. The number of benzene rings is 2. The Labute approximate surface area is 163 Å². The maximum atomic E-state index is 12.3. The second kappa shape index (κ2) is 9.41. The molecule has 4 nitrogen and oxygen atoms in total. The number of hydrogen-bond donors (Lipinski definition) is 2. The fraction of sp³-hybridized carbons (Fsp3) is 0.200. The van der Waals surface area contributed by atoms with Crippen molar-refractivity contribution in [2.45, 2.75) is 25.9 Å². The van der Waals surface area contributed by atoms with Gasteiger partial charge < -0.3 is 10.6 Å². The Balaban J connectivity index is 1.89. The molecule has 0 heterocycles. The molecule has 2 atom stereocenters. The molecule has 26 heavy (non-hydrogen) atoms. The molecule has 0 aliphatic carbocycles. The third kappa shape index (κ3) is 5.90. The van der Waals surface area contributed by atoms with Crippen LogP contribution in [0.5, 0.6) is 0 Å². The van der Waals surface area contributed by atoms with E-state index in [1.165, 1.54) is 6.08 Å². The van der Waals surface area contributed by atoms with Crippen LogP contribution in [-0.4, -0.2) is 17.9 Å². The summed E-state index contributed by atoms with van der Waals surface area (Å²) in [7, 11) is 0. The lowest BCUT2D eigenvalue weighted by atomic mass is 10.1. The molecule has 2 aromatic rings. The molecule has 0 spiro atoms. The molecule has 0 aliphatic rings. The summed E-state index contributed by atoms with van der Waals surface area (Å²) in [5.41, 5.74) is 1.74. The molecule has 6 heteroatoms. The van der Waals surface area contributed by atoms with Crippen LogP contribution in [0.25, 0.3) is 6.08 Å². The van der Waals surface area contributed by atoms with E-state index in [0.717, 1.165) is 11.1 Å². The minimum absolute atomic E-state index is 0.267. The normalized spacial score (nSPS) is 13.2. The largest absolute Gasteiger partial charge is 0.348 e. The van der Waals surface area contributed by atoms with Crippen LogP contribution in [0, 0.1) is 0 Å². The van der Waals surface area contributed by atoms with E-state index in [2.05, 4.69) is 10.6 Å². The molecular weight excluding hydrogens is 371 g/mol. The van der Waals surface area contributed by atoms with Crippen molar-refractivity contribution in [2.24, 2.45) is 0 Å². The van der Waals surface area contributed by atoms with Gasteiger partial charge in [-0.1, -0.05) is 59.6 Å². The van der Waals surface area contributed by atoms with E-state index >= 15 is 0 Å². The molecule has 2 aromatic carbocycles. The highest BCUT2D eigenvalue weighted by Crippen LogP contribution is 2.25. The van der Waals surface area contributed by atoms with Crippen LogP contribution in [-0.2, 0) is 9.59 Å². The molecule has 2 N–H and O–H groups in total. The fourth-order valence-corrected chi connectivity index (χ4v) is 2.57. The van der Waals surface area contributed by atoms with Crippen molar-refractivity contribution in [3.8, 4) is 0 Å². The van der Waals surface area contributed by atoms with Crippen molar-refractivity contribution < 1.29 is 9.59 Å². The average molecular weight is 391 g/mol. The van der Waals surface area contributed by atoms with Crippen molar-refractivity contribution in [2.75, 3.05) is 0 Å². The van der Waals surface area contributed by atoms with Crippen LogP contribution in [0.3, 0.4) is 0 Å². The lowest BCUT2D eigenvalue weighted by Crippen LogP contribution is -2.45.